The number of rotatable bonds is 4. The highest BCUT2D eigenvalue weighted by molar-refractivity contribution is 6.46. The number of aryl methyl sites for hydroxylation is 3. The summed E-state index contributed by atoms with van der Waals surface area (Å²) in [4.78, 5) is 28.3. The van der Waals surface area contributed by atoms with Crippen molar-refractivity contribution < 1.29 is 9.59 Å². The molecule has 0 bridgehead atoms. The predicted octanol–water partition coefficient (Wildman–Crippen LogP) is 5.32. The number of amides is 2. The first-order chi connectivity index (χ1) is 14.4. The van der Waals surface area contributed by atoms with Crippen LogP contribution >= 0.6 is 0 Å². The average Bonchev–Trinajstić information content (AvgIpc) is 2.96. The highest BCUT2D eigenvalue weighted by atomic mass is 16.2. The molecule has 150 valence electrons. The summed E-state index contributed by atoms with van der Waals surface area (Å²) in [6.45, 7) is 7.91. The van der Waals surface area contributed by atoms with Crippen molar-refractivity contribution in [2.45, 2.75) is 27.7 Å². The summed E-state index contributed by atoms with van der Waals surface area (Å²) in [5.41, 5.74) is 6.97. The number of carbonyl (C=O) groups is 2. The van der Waals surface area contributed by atoms with Crippen LogP contribution in [-0.4, -0.2) is 11.8 Å². The molecule has 0 aromatic heterocycles. The first-order valence-electron chi connectivity index (χ1n) is 9.97. The van der Waals surface area contributed by atoms with E-state index in [9.17, 15) is 9.59 Å². The lowest BCUT2D eigenvalue weighted by Crippen LogP contribution is -2.33. The fraction of sp³-hybridized carbons (Fsp3) is 0.154. The van der Waals surface area contributed by atoms with Gasteiger partial charge in [0.15, 0.2) is 0 Å². The molecule has 1 heterocycles. The number of hydrogen-bond donors (Lipinski definition) is 1. The van der Waals surface area contributed by atoms with Gasteiger partial charge in [0.1, 0.15) is 5.70 Å². The molecule has 0 saturated heterocycles. The second-order valence-electron chi connectivity index (χ2n) is 7.77. The van der Waals surface area contributed by atoms with Gasteiger partial charge in [0, 0.05) is 5.69 Å². The van der Waals surface area contributed by atoms with Gasteiger partial charge in [0.25, 0.3) is 11.8 Å². The summed E-state index contributed by atoms with van der Waals surface area (Å²) >= 11 is 0. The van der Waals surface area contributed by atoms with Gasteiger partial charge in [-0.2, -0.15) is 0 Å². The van der Waals surface area contributed by atoms with E-state index in [1.54, 1.807) is 0 Å². The van der Waals surface area contributed by atoms with Crippen molar-refractivity contribution in [1.82, 2.24) is 0 Å². The third kappa shape index (κ3) is 3.41. The second-order valence-corrected chi connectivity index (χ2v) is 7.77. The van der Waals surface area contributed by atoms with Crippen LogP contribution in [0.15, 0.2) is 72.4 Å². The quantitative estimate of drug-likeness (QED) is 0.608. The molecule has 4 rings (SSSR count). The Morgan fingerprint density at radius 3 is 1.93 bits per heavy atom. The molecule has 0 atom stereocenters. The predicted molar refractivity (Wildman–Crippen MR) is 121 cm³/mol. The number of imide groups is 1. The topological polar surface area (TPSA) is 49.4 Å². The minimum atomic E-state index is -0.343. The zero-order valence-corrected chi connectivity index (χ0v) is 17.6. The SMILES string of the molecule is Cc1ccc(NC2=C(c3ccc(C)cc3)C(=O)N(c3cccc(C)c3C)C2=O)cc1. The Labute approximate surface area is 176 Å². The fourth-order valence-electron chi connectivity index (χ4n) is 3.61. The van der Waals surface area contributed by atoms with E-state index in [1.807, 2.05) is 94.4 Å². The molecule has 4 nitrogen and oxygen atoms in total. The third-order valence-electron chi connectivity index (χ3n) is 5.56. The van der Waals surface area contributed by atoms with Crippen LogP contribution in [0, 0.1) is 27.7 Å². The van der Waals surface area contributed by atoms with Crippen LogP contribution in [-0.2, 0) is 9.59 Å². The van der Waals surface area contributed by atoms with E-state index in [-0.39, 0.29) is 11.8 Å². The maximum absolute atomic E-state index is 13.5. The van der Waals surface area contributed by atoms with Crippen molar-refractivity contribution in [2.24, 2.45) is 0 Å². The van der Waals surface area contributed by atoms with Crippen molar-refractivity contribution in [3.63, 3.8) is 0 Å². The Kier molecular flexibility index (Phi) is 5.00. The molecule has 1 N–H and O–H groups in total. The van der Waals surface area contributed by atoms with Crippen LogP contribution in [0.3, 0.4) is 0 Å². The molecule has 0 spiro atoms. The molecule has 3 aromatic rings. The van der Waals surface area contributed by atoms with Crippen molar-refractivity contribution in [3.8, 4) is 0 Å². The zero-order chi connectivity index (χ0) is 21.4. The lowest BCUT2D eigenvalue weighted by atomic mass is 10.0. The number of hydrogen-bond acceptors (Lipinski definition) is 3. The molecule has 2 amide bonds. The summed E-state index contributed by atoms with van der Waals surface area (Å²) in [5, 5.41) is 3.21. The number of anilines is 2. The largest absolute Gasteiger partial charge is 0.350 e. The molecule has 30 heavy (non-hydrogen) atoms. The van der Waals surface area contributed by atoms with E-state index in [1.165, 1.54) is 4.90 Å². The summed E-state index contributed by atoms with van der Waals surface area (Å²) in [5.74, 6) is -0.656. The summed E-state index contributed by atoms with van der Waals surface area (Å²) in [6, 6.07) is 21.1. The zero-order valence-electron chi connectivity index (χ0n) is 17.6. The first kappa shape index (κ1) is 19.6. The monoisotopic (exact) mass is 396 g/mol. The van der Waals surface area contributed by atoms with Crippen LogP contribution in [0.4, 0.5) is 11.4 Å². The van der Waals surface area contributed by atoms with Gasteiger partial charge < -0.3 is 5.32 Å². The van der Waals surface area contributed by atoms with Crippen LogP contribution in [0.1, 0.15) is 27.8 Å². The molecule has 0 aliphatic carbocycles. The van der Waals surface area contributed by atoms with E-state index in [0.717, 1.165) is 33.5 Å². The highest BCUT2D eigenvalue weighted by Crippen LogP contribution is 2.35. The van der Waals surface area contributed by atoms with Crippen molar-refractivity contribution >= 4 is 28.8 Å². The molecular weight excluding hydrogens is 372 g/mol. The van der Waals surface area contributed by atoms with Crippen LogP contribution in [0.5, 0.6) is 0 Å². The Morgan fingerprint density at radius 2 is 1.30 bits per heavy atom. The highest BCUT2D eigenvalue weighted by Gasteiger charge is 2.40. The summed E-state index contributed by atoms with van der Waals surface area (Å²) < 4.78 is 0. The van der Waals surface area contributed by atoms with Gasteiger partial charge >= 0.3 is 0 Å². The van der Waals surface area contributed by atoms with Gasteiger partial charge in [-0.1, -0.05) is 59.7 Å². The number of benzene rings is 3. The van der Waals surface area contributed by atoms with Crippen molar-refractivity contribution in [2.75, 3.05) is 10.2 Å². The van der Waals surface area contributed by atoms with Crippen LogP contribution in [0.25, 0.3) is 5.57 Å². The molecule has 4 heteroatoms. The standard InChI is InChI=1S/C26H24N2O2/c1-16-8-12-20(13-9-16)23-24(27-21-14-10-17(2)11-15-21)26(30)28(25(23)29)22-7-5-6-18(3)19(22)4/h5-15,27H,1-4H3. The minimum Gasteiger partial charge on any atom is -0.350 e. The summed E-state index contributed by atoms with van der Waals surface area (Å²) in [7, 11) is 0. The van der Waals surface area contributed by atoms with E-state index in [4.69, 9.17) is 0 Å². The number of nitrogens with zero attached hydrogens (tertiary/aromatic N) is 1. The maximum Gasteiger partial charge on any atom is 0.282 e. The van der Waals surface area contributed by atoms with E-state index in [2.05, 4.69) is 5.32 Å². The van der Waals surface area contributed by atoms with Gasteiger partial charge in [-0.15, -0.1) is 0 Å². The normalized spacial score (nSPS) is 13.9. The maximum atomic E-state index is 13.5. The molecule has 1 aliphatic heterocycles. The number of carbonyl (C=O) groups excluding carboxylic acids is 2. The lowest BCUT2D eigenvalue weighted by Gasteiger charge is -2.19. The van der Waals surface area contributed by atoms with Gasteiger partial charge in [-0.05, 0) is 62.6 Å². The van der Waals surface area contributed by atoms with E-state index in [0.29, 0.717) is 17.0 Å². The van der Waals surface area contributed by atoms with Gasteiger partial charge in [-0.25, -0.2) is 4.90 Å². The number of nitrogens with one attached hydrogen (secondary N) is 1. The van der Waals surface area contributed by atoms with E-state index >= 15 is 0 Å². The minimum absolute atomic E-state index is 0.300. The van der Waals surface area contributed by atoms with Crippen molar-refractivity contribution in [3.05, 3.63) is 100 Å². The molecule has 0 unspecified atom stereocenters. The Hall–Kier alpha value is -3.66. The van der Waals surface area contributed by atoms with Gasteiger partial charge in [0.05, 0.1) is 11.3 Å². The molecular formula is C26H24N2O2. The molecule has 3 aromatic carbocycles. The Morgan fingerprint density at radius 1 is 0.700 bits per heavy atom. The summed E-state index contributed by atoms with van der Waals surface area (Å²) in [6.07, 6.45) is 0. The average molecular weight is 396 g/mol. The molecule has 0 radical (unpaired) electrons. The van der Waals surface area contributed by atoms with Gasteiger partial charge in [-0.3, -0.25) is 9.59 Å². The lowest BCUT2D eigenvalue weighted by molar-refractivity contribution is -0.120. The van der Waals surface area contributed by atoms with Crippen molar-refractivity contribution in [1.29, 1.82) is 0 Å². The second kappa shape index (κ2) is 7.64. The van der Waals surface area contributed by atoms with Crippen LogP contribution in [0.2, 0.25) is 0 Å². The molecule has 1 aliphatic rings. The molecule has 0 fully saturated rings. The third-order valence-corrected chi connectivity index (χ3v) is 5.56. The van der Waals surface area contributed by atoms with Gasteiger partial charge in [0.2, 0.25) is 0 Å². The molecule has 0 saturated carbocycles. The van der Waals surface area contributed by atoms with Crippen LogP contribution < -0.4 is 10.2 Å². The smallest absolute Gasteiger partial charge is 0.282 e. The van der Waals surface area contributed by atoms with E-state index < -0.39 is 0 Å². The fourth-order valence-corrected chi connectivity index (χ4v) is 3.61. The first-order valence-corrected chi connectivity index (χ1v) is 9.97. The Balaban J connectivity index is 1.84. The Bertz CT molecular complexity index is 1170.